The maximum atomic E-state index is 5.93. The van der Waals surface area contributed by atoms with E-state index in [2.05, 4.69) is 36.3 Å². The van der Waals surface area contributed by atoms with Crippen LogP contribution >= 0.6 is 0 Å². The van der Waals surface area contributed by atoms with Gasteiger partial charge in [-0.25, -0.2) is 4.98 Å². The average molecular weight is 255 g/mol. The highest BCUT2D eigenvalue weighted by molar-refractivity contribution is 5.72. The second-order valence-electron chi connectivity index (χ2n) is 4.71. The molecule has 1 unspecified atom stereocenters. The van der Waals surface area contributed by atoms with Gasteiger partial charge in [0.05, 0.1) is 0 Å². The fourth-order valence-electron chi connectivity index (χ4n) is 2.05. The molecule has 19 heavy (non-hydrogen) atoms. The van der Waals surface area contributed by atoms with Crippen LogP contribution in [0.25, 0.3) is 11.1 Å². The van der Waals surface area contributed by atoms with Gasteiger partial charge in [-0.05, 0) is 30.5 Å². The smallest absolute Gasteiger partial charge is 0.131 e. The van der Waals surface area contributed by atoms with Crippen molar-refractivity contribution in [3.8, 4) is 11.1 Å². The van der Waals surface area contributed by atoms with E-state index >= 15 is 0 Å². The highest BCUT2D eigenvalue weighted by Gasteiger charge is 2.11. The van der Waals surface area contributed by atoms with Crippen molar-refractivity contribution in [3.05, 3.63) is 48.2 Å². The minimum absolute atomic E-state index is 0.392. The van der Waals surface area contributed by atoms with E-state index in [-0.39, 0.29) is 0 Å². The first-order chi connectivity index (χ1) is 9.26. The van der Waals surface area contributed by atoms with Crippen LogP contribution in [0.5, 0.6) is 0 Å². The number of nitrogens with one attached hydrogen (secondary N) is 1. The van der Waals surface area contributed by atoms with Gasteiger partial charge in [0.1, 0.15) is 5.82 Å². The third-order valence-electron chi connectivity index (χ3n) is 3.34. The van der Waals surface area contributed by atoms with Crippen LogP contribution in [0.3, 0.4) is 0 Å². The van der Waals surface area contributed by atoms with Gasteiger partial charge in [-0.2, -0.15) is 0 Å². The summed E-state index contributed by atoms with van der Waals surface area (Å²) in [7, 11) is 0. The average Bonchev–Trinajstić information content (AvgIpc) is 2.47. The molecule has 2 rings (SSSR count). The molecule has 1 aromatic heterocycles. The standard InChI is InChI=1S/C16H21N3/c1-3-12(2)19-16-15(11-17)14(9-10-18-16)13-7-5-4-6-8-13/h4-10,12H,3,11,17H2,1-2H3,(H,18,19). The molecule has 1 heterocycles. The normalized spacial score (nSPS) is 12.2. The van der Waals surface area contributed by atoms with E-state index in [1.54, 1.807) is 0 Å². The van der Waals surface area contributed by atoms with E-state index in [4.69, 9.17) is 5.73 Å². The molecule has 3 heteroatoms. The highest BCUT2D eigenvalue weighted by atomic mass is 15.0. The van der Waals surface area contributed by atoms with Gasteiger partial charge in [0, 0.05) is 24.3 Å². The molecule has 100 valence electrons. The van der Waals surface area contributed by atoms with Crippen LogP contribution < -0.4 is 11.1 Å². The molecule has 3 nitrogen and oxygen atoms in total. The number of benzene rings is 1. The lowest BCUT2D eigenvalue weighted by atomic mass is 10.0. The molecule has 0 amide bonds. The third-order valence-corrected chi connectivity index (χ3v) is 3.34. The monoisotopic (exact) mass is 255 g/mol. The third kappa shape index (κ3) is 3.12. The van der Waals surface area contributed by atoms with Crippen LogP contribution in [0.1, 0.15) is 25.8 Å². The first kappa shape index (κ1) is 13.6. The molecule has 1 atom stereocenters. The van der Waals surface area contributed by atoms with Gasteiger partial charge in [-0.15, -0.1) is 0 Å². The van der Waals surface area contributed by atoms with Crippen LogP contribution in [0.4, 0.5) is 5.82 Å². The molecule has 0 radical (unpaired) electrons. The lowest BCUT2D eigenvalue weighted by Gasteiger charge is -2.17. The fraction of sp³-hybridized carbons (Fsp3) is 0.312. The van der Waals surface area contributed by atoms with Crippen molar-refractivity contribution in [2.75, 3.05) is 5.32 Å². The minimum atomic E-state index is 0.392. The largest absolute Gasteiger partial charge is 0.367 e. The second-order valence-corrected chi connectivity index (χ2v) is 4.71. The SMILES string of the molecule is CCC(C)Nc1nccc(-c2ccccc2)c1CN. The van der Waals surface area contributed by atoms with E-state index in [0.29, 0.717) is 12.6 Å². The predicted molar refractivity (Wildman–Crippen MR) is 80.9 cm³/mol. The molecule has 0 spiro atoms. The van der Waals surface area contributed by atoms with Crippen molar-refractivity contribution in [2.45, 2.75) is 32.9 Å². The number of anilines is 1. The molecule has 3 N–H and O–H groups in total. The molecule has 0 aliphatic rings. The highest BCUT2D eigenvalue weighted by Crippen LogP contribution is 2.27. The Morgan fingerprint density at radius 3 is 2.58 bits per heavy atom. The summed E-state index contributed by atoms with van der Waals surface area (Å²) in [6, 6.07) is 12.7. The fourth-order valence-corrected chi connectivity index (χ4v) is 2.05. The van der Waals surface area contributed by atoms with Gasteiger partial charge in [-0.1, -0.05) is 37.3 Å². The summed E-state index contributed by atoms with van der Waals surface area (Å²) in [5.41, 5.74) is 9.34. The van der Waals surface area contributed by atoms with Gasteiger partial charge >= 0.3 is 0 Å². The Balaban J connectivity index is 2.42. The molecule has 0 saturated carbocycles. The zero-order valence-electron chi connectivity index (χ0n) is 11.6. The lowest BCUT2D eigenvalue weighted by Crippen LogP contribution is -2.17. The zero-order valence-corrected chi connectivity index (χ0v) is 11.6. The first-order valence-corrected chi connectivity index (χ1v) is 6.76. The maximum Gasteiger partial charge on any atom is 0.131 e. The zero-order chi connectivity index (χ0) is 13.7. The topological polar surface area (TPSA) is 50.9 Å². The first-order valence-electron chi connectivity index (χ1n) is 6.76. The van der Waals surface area contributed by atoms with Gasteiger partial charge in [0.25, 0.3) is 0 Å². The van der Waals surface area contributed by atoms with E-state index in [1.807, 2.05) is 30.5 Å². The van der Waals surface area contributed by atoms with Gasteiger partial charge in [-0.3, -0.25) is 0 Å². The second kappa shape index (κ2) is 6.34. The Morgan fingerprint density at radius 2 is 1.95 bits per heavy atom. The van der Waals surface area contributed by atoms with Gasteiger partial charge in [0.15, 0.2) is 0 Å². The van der Waals surface area contributed by atoms with Crippen molar-refractivity contribution >= 4 is 5.82 Å². The van der Waals surface area contributed by atoms with Gasteiger partial charge < -0.3 is 11.1 Å². The Kier molecular flexibility index (Phi) is 4.53. The molecule has 0 aliphatic heterocycles. The summed E-state index contributed by atoms with van der Waals surface area (Å²) in [5.74, 6) is 0.901. The van der Waals surface area contributed by atoms with Gasteiger partial charge in [0.2, 0.25) is 0 Å². The van der Waals surface area contributed by atoms with E-state index in [9.17, 15) is 0 Å². The van der Waals surface area contributed by atoms with Crippen LogP contribution in [0.2, 0.25) is 0 Å². The summed E-state index contributed by atoms with van der Waals surface area (Å²) < 4.78 is 0. The summed E-state index contributed by atoms with van der Waals surface area (Å²) in [6.45, 7) is 4.79. The molecular weight excluding hydrogens is 234 g/mol. The van der Waals surface area contributed by atoms with Crippen molar-refractivity contribution in [3.63, 3.8) is 0 Å². The molecule has 0 saturated heterocycles. The number of pyridine rings is 1. The number of aromatic nitrogens is 1. The number of nitrogens with two attached hydrogens (primary N) is 1. The summed E-state index contributed by atoms with van der Waals surface area (Å²) in [5, 5.41) is 3.43. The van der Waals surface area contributed by atoms with Crippen LogP contribution in [0, 0.1) is 0 Å². The Labute approximate surface area is 114 Å². The Hall–Kier alpha value is -1.87. The van der Waals surface area contributed by atoms with Crippen LogP contribution in [-0.4, -0.2) is 11.0 Å². The number of hydrogen-bond acceptors (Lipinski definition) is 3. The molecule has 1 aromatic carbocycles. The number of hydrogen-bond donors (Lipinski definition) is 2. The molecule has 0 bridgehead atoms. The van der Waals surface area contributed by atoms with Crippen LogP contribution in [0.15, 0.2) is 42.6 Å². The minimum Gasteiger partial charge on any atom is -0.367 e. The van der Waals surface area contributed by atoms with Crippen molar-refractivity contribution in [1.29, 1.82) is 0 Å². The maximum absolute atomic E-state index is 5.93. The van der Waals surface area contributed by atoms with Crippen molar-refractivity contribution < 1.29 is 0 Å². The van der Waals surface area contributed by atoms with Crippen LogP contribution in [-0.2, 0) is 6.54 Å². The van der Waals surface area contributed by atoms with E-state index in [0.717, 1.165) is 23.4 Å². The predicted octanol–water partition coefficient (Wildman–Crippen LogP) is 3.42. The Bertz CT molecular complexity index is 523. The summed E-state index contributed by atoms with van der Waals surface area (Å²) >= 11 is 0. The summed E-state index contributed by atoms with van der Waals surface area (Å²) in [6.07, 6.45) is 2.90. The number of rotatable bonds is 5. The van der Waals surface area contributed by atoms with E-state index < -0.39 is 0 Å². The molecule has 0 aliphatic carbocycles. The summed E-state index contributed by atoms with van der Waals surface area (Å²) in [4.78, 5) is 4.43. The van der Waals surface area contributed by atoms with Crippen molar-refractivity contribution in [1.82, 2.24) is 4.98 Å². The quantitative estimate of drug-likeness (QED) is 0.860. The lowest BCUT2D eigenvalue weighted by molar-refractivity contribution is 0.756. The Morgan fingerprint density at radius 1 is 1.21 bits per heavy atom. The molecule has 0 fully saturated rings. The molecular formula is C16H21N3. The number of nitrogens with zero attached hydrogens (tertiary/aromatic N) is 1. The van der Waals surface area contributed by atoms with Crippen molar-refractivity contribution in [2.24, 2.45) is 5.73 Å². The van der Waals surface area contributed by atoms with E-state index in [1.165, 1.54) is 5.56 Å². The molecule has 2 aromatic rings.